The largest absolute Gasteiger partial charge is 0.456 e. The van der Waals surface area contributed by atoms with Crippen molar-refractivity contribution in [3.8, 4) is 0 Å². The van der Waals surface area contributed by atoms with Gasteiger partial charge in [0.15, 0.2) is 12.4 Å². The second kappa shape index (κ2) is 12.8. The van der Waals surface area contributed by atoms with E-state index in [0.29, 0.717) is 11.5 Å². The fourth-order valence-electron chi connectivity index (χ4n) is 4.59. The number of nitrogens with one attached hydrogen (secondary N) is 1. The minimum Gasteiger partial charge on any atom is -0.456 e. The lowest BCUT2D eigenvalue weighted by Crippen LogP contribution is -2.43. The molecular formula is C29H30INO5S. The first-order valence-electron chi connectivity index (χ1n) is 12.4. The molecule has 0 spiro atoms. The Morgan fingerprint density at radius 2 is 1.54 bits per heavy atom. The molecular weight excluding hydrogens is 601 g/mol. The number of esters is 1. The van der Waals surface area contributed by atoms with E-state index in [1.54, 1.807) is 36.4 Å². The van der Waals surface area contributed by atoms with Gasteiger partial charge in [0.05, 0.1) is 4.90 Å². The molecule has 3 aromatic rings. The zero-order valence-corrected chi connectivity index (χ0v) is 23.4. The van der Waals surface area contributed by atoms with E-state index in [9.17, 15) is 18.0 Å². The summed E-state index contributed by atoms with van der Waals surface area (Å²) in [6, 6.07) is 21.7. The maximum absolute atomic E-state index is 13.0. The standard InChI is InChI=1S/C29H30INO5S/c30-25-15-17-26(18-16-25)37(34,35)31-27(19-21-7-3-1-4-8-21)29(33)36-20-28(32)24-13-11-23(12-14-24)22-9-5-2-6-10-22/h1,3-4,7-8,11-18,22,27,31H,2,5-6,9-10,19-20H2/t27-/m0/s1. The van der Waals surface area contributed by atoms with Crippen LogP contribution < -0.4 is 4.72 Å². The van der Waals surface area contributed by atoms with Crippen molar-refractivity contribution in [2.24, 2.45) is 0 Å². The van der Waals surface area contributed by atoms with Crippen molar-refractivity contribution in [2.75, 3.05) is 6.61 Å². The smallest absolute Gasteiger partial charge is 0.324 e. The second-order valence-corrected chi connectivity index (χ2v) is 12.3. The Morgan fingerprint density at radius 3 is 2.19 bits per heavy atom. The summed E-state index contributed by atoms with van der Waals surface area (Å²) >= 11 is 2.09. The average molecular weight is 632 g/mol. The molecule has 0 unspecified atom stereocenters. The van der Waals surface area contributed by atoms with Crippen molar-refractivity contribution >= 4 is 44.4 Å². The second-order valence-electron chi connectivity index (χ2n) is 9.31. The van der Waals surface area contributed by atoms with E-state index in [1.165, 1.54) is 49.8 Å². The molecule has 6 nitrogen and oxygen atoms in total. The molecule has 0 heterocycles. The minimum atomic E-state index is -3.99. The number of hydrogen-bond acceptors (Lipinski definition) is 5. The van der Waals surface area contributed by atoms with Crippen LogP contribution in [-0.4, -0.2) is 32.8 Å². The van der Waals surface area contributed by atoms with Crippen LogP contribution in [0, 0.1) is 3.57 Å². The summed E-state index contributed by atoms with van der Waals surface area (Å²) in [5, 5.41) is 0. The molecule has 1 fully saturated rings. The zero-order chi connectivity index (χ0) is 26.3. The molecule has 0 saturated heterocycles. The average Bonchev–Trinajstić information content (AvgIpc) is 2.92. The van der Waals surface area contributed by atoms with E-state index >= 15 is 0 Å². The predicted molar refractivity (Wildman–Crippen MR) is 151 cm³/mol. The van der Waals surface area contributed by atoms with E-state index in [2.05, 4.69) is 27.3 Å². The minimum absolute atomic E-state index is 0.0490. The molecule has 0 aliphatic heterocycles. The molecule has 4 rings (SSSR count). The molecule has 3 aromatic carbocycles. The molecule has 1 saturated carbocycles. The van der Waals surface area contributed by atoms with E-state index < -0.39 is 28.6 Å². The fraction of sp³-hybridized carbons (Fsp3) is 0.310. The van der Waals surface area contributed by atoms with Crippen LogP contribution >= 0.6 is 22.6 Å². The van der Waals surface area contributed by atoms with E-state index in [0.717, 1.165) is 9.13 Å². The summed E-state index contributed by atoms with van der Waals surface area (Å²) in [6.07, 6.45) is 6.19. The highest BCUT2D eigenvalue weighted by atomic mass is 127. The summed E-state index contributed by atoms with van der Waals surface area (Å²) in [5.74, 6) is -0.594. The third-order valence-electron chi connectivity index (χ3n) is 6.64. The van der Waals surface area contributed by atoms with Gasteiger partial charge in [-0.1, -0.05) is 73.9 Å². The Morgan fingerprint density at radius 1 is 0.892 bits per heavy atom. The van der Waals surface area contributed by atoms with Gasteiger partial charge in [0.25, 0.3) is 0 Å². The molecule has 0 aromatic heterocycles. The number of carbonyl (C=O) groups is 2. The van der Waals surface area contributed by atoms with Crippen molar-refractivity contribution in [3.05, 3.63) is 99.1 Å². The Balaban J connectivity index is 1.42. The Hall–Kier alpha value is -2.56. The topological polar surface area (TPSA) is 89.5 Å². The molecule has 1 aliphatic rings. The van der Waals surface area contributed by atoms with E-state index in [-0.39, 0.29) is 17.1 Å². The number of carbonyl (C=O) groups excluding carboxylic acids is 2. The third kappa shape index (κ3) is 7.72. The first kappa shape index (κ1) is 27.5. The molecule has 8 heteroatoms. The predicted octanol–water partition coefficient (Wildman–Crippen LogP) is 5.65. The van der Waals surface area contributed by atoms with Gasteiger partial charge in [0.2, 0.25) is 10.0 Å². The van der Waals surface area contributed by atoms with Gasteiger partial charge in [-0.15, -0.1) is 0 Å². The highest BCUT2D eigenvalue weighted by Gasteiger charge is 2.28. The van der Waals surface area contributed by atoms with Crippen LogP contribution in [0.25, 0.3) is 0 Å². The van der Waals surface area contributed by atoms with Gasteiger partial charge in [-0.2, -0.15) is 4.72 Å². The summed E-state index contributed by atoms with van der Waals surface area (Å²) in [7, 11) is -3.99. The lowest BCUT2D eigenvalue weighted by atomic mass is 9.84. The SMILES string of the molecule is O=C(COC(=O)[C@H](Cc1ccccc1)NS(=O)(=O)c1ccc(I)cc1)c1ccc(C2CCCCC2)cc1. The zero-order valence-electron chi connectivity index (χ0n) is 20.4. The van der Waals surface area contributed by atoms with Gasteiger partial charge in [-0.25, -0.2) is 8.42 Å². The third-order valence-corrected chi connectivity index (χ3v) is 8.85. The van der Waals surface area contributed by atoms with E-state index in [1.807, 2.05) is 30.3 Å². The molecule has 0 bridgehead atoms. The van der Waals surface area contributed by atoms with Crippen molar-refractivity contribution in [1.82, 2.24) is 4.72 Å². The number of ketones is 1. The molecule has 1 aliphatic carbocycles. The van der Waals surface area contributed by atoms with Crippen LogP contribution in [0.4, 0.5) is 0 Å². The van der Waals surface area contributed by atoms with Gasteiger partial charge in [0.1, 0.15) is 6.04 Å². The molecule has 194 valence electrons. The normalized spacial score (nSPS) is 15.2. The first-order valence-corrected chi connectivity index (χ1v) is 15.0. The van der Waals surface area contributed by atoms with Gasteiger partial charge in [0, 0.05) is 9.13 Å². The number of rotatable bonds is 10. The number of halogens is 1. The van der Waals surface area contributed by atoms with Crippen molar-refractivity contribution < 1.29 is 22.7 Å². The number of Topliss-reactive ketones (excluding diaryl/α,β-unsaturated/α-hetero) is 1. The van der Waals surface area contributed by atoms with Crippen LogP contribution in [0.5, 0.6) is 0 Å². The summed E-state index contributed by atoms with van der Waals surface area (Å²) in [6.45, 7) is -0.460. The molecule has 1 N–H and O–H groups in total. The van der Waals surface area contributed by atoms with Crippen LogP contribution in [-0.2, 0) is 26.0 Å². The van der Waals surface area contributed by atoms with E-state index in [4.69, 9.17) is 4.74 Å². The first-order chi connectivity index (χ1) is 17.8. The fourth-order valence-corrected chi connectivity index (χ4v) is 6.13. The van der Waals surface area contributed by atoms with Crippen LogP contribution in [0.1, 0.15) is 59.5 Å². The summed E-state index contributed by atoms with van der Waals surface area (Å²) < 4.78 is 34.6. The quantitative estimate of drug-likeness (QED) is 0.178. The monoisotopic (exact) mass is 631 g/mol. The van der Waals surface area contributed by atoms with Crippen LogP contribution in [0.3, 0.4) is 0 Å². The van der Waals surface area contributed by atoms with Crippen molar-refractivity contribution in [3.63, 3.8) is 0 Å². The maximum Gasteiger partial charge on any atom is 0.324 e. The van der Waals surface area contributed by atoms with Crippen molar-refractivity contribution in [1.29, 1.82) is 0 Å². The Bertz CT molecular complexity index is 1300. The van der Waals surface area contributed by atoms with Gasteiger partial charge in [-0.3, -0.25) is 9.59 Å². The number of hydrogen-bond donors (Lipinski definition) is 1. The molecule has 0 radical (unpaired) electrons. The van der Waals surface area contributed by atoms with Crippen LogP contribution in [0.15, 0.2) is 83.8 Å². The molecule has 1 atom stereocenters. The highest BCUT2D eigenvalue weighted by Crippen LogP contribution is 2.32. The maximum atomic E-state index is 13.0. The summed E-state index contributed by atoms with van der Waals surface area (Å²) in [4.78, 5) is 25.8. The molecule has 0 amide bonds. The van der Waals surface area contributed by atoms with Gasteiger partial charge >= 0.3 is 5.97 Å². The van der Waals surface area contributed by atoms with Crippen LogP contribution in [0.2, 0.25) is 0 Å². The summed E-state index contributed by atoms with van der Waals surface area (Å²) in [5.41, 5.74) is 2.46. The number of sulfonamides is 1. The Kier molecular flexibility index (Phi) is 9.50. The number of benzene rings is 3. The Labute approximate surface area is 232 Å². The van der Waals surface area contributed by atoms with Crippen molar-refractivity contribution in [2.45, 2.75) is 55.4 Å². The van der Waals surface area contributed by atoms with Gasteiger partial charge < -0.3 is 4.74 Å². The lowest BCUT2D eigenvalue weighted by Gasteiger charge is -2.22. The molecule has 37 heavy (non-hydrogen) atoms. The highest BCUT2D eigenvalue weighted by molar-refractivity contribution is 14.1. The van der Waals surface area contributed by atoms with Gasteiger partial charge in [-0.05, 0) is 83.2 Å². The lowest BCUT2D eigenvalue weighted by molar-refractivity contribution is -0.144. The number of ether oxygens (including phenoxy) is 1.